The van der Waals surface area contributed by atoms with Gasteiger partial charge in [-0.3, -0.25) is 0 Å². The highest BCUT2D eigenvalue weighted by Crippen LogP contribution is 2.41. The van der Waals surface area contributed by atoms with Gasteiger partial charge < -0.3 is 9.84 Å². The van der Waals surface area contributed by atoms with Crippen LogP contribution < -0.4 is 4.74 Å². The van der Waals surface area contributed by atoms with Gasteiger partial charge in [-0.1, -0.05) is 11.6 Å². The van der Waals surface area contributed by atoms with Gasteiger partial charge in [0, 0.05) is 5.56 Å². The Balaban J connectivity index is 3.45. The lowest BCUT2D eigenvalue weighted by molar-refractivity contribution is 0.396. The van der Waals surface area contributed by atoms with E-state index < -0.39 is 5.41 Å². The van der Waals surface area contributed by atoms with Gasteiger partial charge in [0.2, 0.25) is 0 Å². The van der Waals surface area contributed by atoms with Gasteiger partial charge in [-0.05, 0) is 26.0 Å². The number of halogens is 1. The molecule has 0 spiro atoms. The Morgan fingerprint density at radius 1 is 1.47 bits per heavy atom. The van der Waals surface area contributed by atoms with Crippen LogP contribution in [0.5, 0.6) is 11.5 Å². The van der Waals surface area contributed by atoms with Crippen LogP contribution in [0, 0.1) is 11.3 Å². The van der Waals surface area contributed by atoms with E-state index in [0.717, 1.165) is 0 Å². The molecule has 0 aliphatic rings. The molecule has 0 saturated heterocycles. The minimum atomic E-state index is -0.706. The van der Waals surface area contributed by atoms with Crippen molar-refractivity contribution < 1.29 is 9.84 Å². The van der Waals surface area contributed by atoms with Crippen molar-refractivity contribution in [1.29, 1.82) is 5.26 Å². The fourth-order valence-corrected chi connectivity index (χ4v) is 1.54. The van der Waals surface area contributed by atoms with Gasteiger partial charge in [-0.25, -0.2) is 0 Å². The first-order valence-corrected chi connectivity index (χ1v) is 4.79. The Hall–Kier alpha value is -1.40. The van der Waals surface area contributed by atoms with Crippen molar-refractivity contribution >= 4 is 11.6 Å². The highest BCUT2D eigenvalue weighted by atomic mass is 35.5. The molecular weight excluding hydrogens is 214 g/mol. The first-order valence-electron chi connectivity index (χ1n) is 4.41. The van der Waals surface area contributed by atoms with E-state index in [-0.39, 0.29) is 10.8 Å². The number of aromatic hydroxyl groups is 1. The Morgan fingerprint density at radius 2 is 2.07 bits per heavy atom. The monoisotopic (exact) mass is 225 g/mol. The van der Waals surface area contributed by atoms with Crippen LogP contribution in [-0.2, 0) is 5.41 Å². The third-order valence-electron chi connectivity index (χ3n) is 2.23. The van der Waals surface area contributed by atoms with E-state index in [9.17, 15) is 5.11 Å². The van der Waals surface area contributed by atoms with Crippen molar-refractivity contribution in [2.75, 3.05) is 7.11 Å². The summed E-state index contributed by atoms with van der Waals surface area (Å²) in [7, 11) is 1.46. The first-order chi connectivity index (χ1) is 6.94. The smallest absolute Gasteiger partial charge is 0.146 e. The number of benzene rings is 1. The number of nitriles is 1. The summed E-state index contributed by atoms with van der Waals surface area (Å²) in [5.41, 5.74) is -0.0434. The molecule has 0 aliphatic heterocycles. The standard InChI is InChI=1S/C11H12ClNO2/c1-11(2,6-13)7-4-5-8(14)9(12)10(7)15-3/h4-5,14H,1-3H3. The summed E-state index contributed by atoms with van der Waals surface area (Å²) in [6.07, 6.45) is 0. The van der Waals surface area contributed by atoms with E-state index in [1.54, 1.807) is 19.9 Å². The molecule has 0 heterocycles. The molecule has 0 aromatic heterocycles. The molecule has 1 rings (SSSR count). The van der Waals surface area contributed by atoms with Gasteiger partial charge in [0.15, 0.2) is 0 Å². The predicted octanol–water partition coefficient (Wildman–Crippen LogP) is 2.86. The highest BCUT2D eigenvalue weighted by Gasteiger charge is 2.26. The number of ether oxygens (including phenoxy) is 1. The van der Waals surface area contributed by atoms with E-state index in [4.69, 9.17) is 21.6 Å². The van der Waals surface area contributed by atoms with Crippen LogP contribution in [0.3, 0.4) is 0 Å². The maximum atomic E-state index is 9.40. The number of methoxy groups -OCH3 is 1. The zero-order valence-corrected chi connectivity index (χ0v) is 9.59. The van der Waals surface area contributed by atoms with Crippen LogP contribution in [0.4, 0.5) is 0 Å². The second-order valence-electron chi connectivity index (χ2n) is 3.72. The number of hydrogen-bond donors (Lipinski definition) is 1. The highest BCUT2D eigenvalue weighted by molar-refractivity contribution is 6.33. The number of nitrogens with zero attached hydrogens (tertiary/aromatic N) is 1. The molecule has 0 amide bonds. The average Bonchev–Trinajstić information content (AvgIpc) is 2.21. The summed E-state index contributed by atoms with van der Waals surface area (Å²) >= 11 is 5.88. The van der Waals surface area contributed by atoms with E-state index in [1.807, 2.05) is 0 Å². The summed E-state index contributed by atoms with van der Waals surface area (Å²) in [5.74, 6) is 0.300. The fourth-order valence-electron chi connectivity index (χ4n) is 1.30. The molecule has 0 atom stereocenters. The Bertz CT molecular complexity index is 421. The molecule has 3 nitrogen and oxygen atoms in total. The normalized spacial score (nSPS) is 10.9. The molecule has 15 heavy (non-hydrogen) atoms. The lowest BCUT2D eigenvalue weighted by Crippen LogP contribution is -2.15. The second kappa shape index (κ2) is 4.00. The van der Waals surface area contributed by atoms with Crippen LogP contribution in [-0.4, -0.2) is 12.2 Å². The molecular formula is C11H12ClNO2. The third-order valence-corrected chi connectivity index (χ3v) is 2.60. The molecule has 0 saturated carbocycles. The maximum absolute atomic E-state index is 9.40. The quantitative estimate of drug-likeness (QED) is 0.842. The lowest BCUT2D eigenvalue weighted by Gasteiger charge is -2.20. The van der Waals surface area contributed by atoms with E-state index >= 15 is 0 Å². The molecule has 4 heteroatoms. The summed E-state index contributed by atoms with van der Waals surface area (Å²) in [5, 5.41) is 18.6. The van der Waals surface area contributed by atoms with Crippen LogP contribution in [0.25, 0.3) is 0 Å². The number of phenolic OH excluding ortho intramolecular Hbond substituents is 1. The van der Waals surface area contributed by atoms with Crippen LogP contribution >= 0.6 is 11.6 Å². The van der Waals surface area contributed by atoms with Crippen molar-refractivity contribution in [1.82, 2.24) is 0 Å². The summed E-state index contributed by atoms with van der Waals surface area (Å²) < 4.78 is 5.10. The van der Waals surface area contributed by atoms with Gasteiger partial charge in [-0.2, -0.15) is 5.26 Å². The zero-order chi connectivity index (χ0) is 11.6. The molecule has 0 fully saturated rings. The molecule has 0 bridgehead atoms. The maximum Gasteiger partial charge on any atom is 0.146 e. The van der Waals surface area contributed by atoms with Gasteiger partial charge >= 0.3 is 0 Å². The van der Waals surface area contributed by atoms with Crippen LogP contribution in [0.15, 0.2) is 12.1 Å². The lowest BCUT2D eigenvalue weighted by atomic mass is 9.85. The first kappa shape index (κ1) is 11.7. The molecule has 1 aromatic carbocycles. The largest absolute Gasteiger partial charge is 0.506 e. The molecule has 0 radical (unpaired) electrons. The SMILES string of the molecule is COc1c(C(C)(C)C#N)ccc(O)c1Cl. The number of phenols is 1. The van der Waals surface area contributed by atoms with E-state index in [2.05, 4.69) is 6.07 Å². The van der Waals surface area contributed by atoms with Crippen molar-refractivity contribution in [3.63, 3.8) is 0 Å². The van der Waals surface area contributed by atoms with Gasteiger partial charge in [0.05, 0.1) is 18.6 Å². The van der Waals surface area contributed by atoms with Crippen molar-refractivity contribution in [3.05, 3.63) is 22.7 Å². The van der Waals surface area contributed by atoms with Gasteiger partial charge in [0.25, 0.3) is 0 Å². The third kappa shape index (κ3) is 2.00. The number of rotatable bonds is 2. The molecule has 1 N–H and O–H groups in total. The second-order valence-corrected chi connectivity index (χ2v) is 4.09. The van der Waals surface area contributed by atoms with Gasteiger partial charge in [-0.15, -0.1) is 0 Å². The van der Waals surface area contributed by atoms with Gasteiger partial charge in [0.1, 0.15) is 16.5 Å². The summed E-state index contributed by atoms with van der Waals surface area (Å²) in [6.45, 7) is 3.52. The van der Waals surface area contributed by atoms with E-state index in [0.29, 0.717) is 11.3 Å². The topological polar surface area (TPSA) is 53.2 Å². The Morgan fingerprint density at radius 3 is 2.53 bits per heavy atom. The van der Waals surface area contributed by atoms with Crippen LogP contribution in [0.1, 0.15) is 19.4 Å². The molecule has 0 unspecified atom stereocenters. The summed E-state index contributed by atoms with van der Waals surface area (Å²) in [6, 6.07) is 5.26. The molecule has 80 valence electrons. The average molecular weight is 226 g/mol. The summed E-state index contributed by atoms with van der Waals surface area (Å²) in [4.78, 5) is 0. The number of hydrogen-bond acceptors (Lipinski definition) is 3. The predicted molar refractivity (Wildman–Crippen MR) is 58.3 cm³/mol. The van der Waals surface area contributed by atoms with Crippen molar-refractivity contribution in [2.45, 2.75) is 19.3 Å². The Kier molecular flexibility index (Phi) is 3.11. The van der Waals surface area contributed by atoms with Crippen LogP contribution in [0.2, 0.25) is 5.02 Å². The Labute approximate surface area is 93.9 Å². The zero-order valence-electron chi connectivity index (χ0n) is 8.84. The van der Waals surface area contributed by atoms with Crippen molar-refractivity contribution in [3.8, 4) is 17.6 Å². The van der Waals surface area contributed by atoms with Crippen molar-refractivity contribution in [2.24, 2.45) is 0 Å². The van der Waals surface area contributed by atoms with E-state index in [1.165, 1.54) is 13.2 Å². The molecule has 1 aromatic rings. The molecule has 0 aliphatic carbocycles. The minimum Gasteiger partial charge on any atom is -0.506 e. The fraction of sp³-hybridized carbons (Fsp3) is 0.364. The minimum absolute atomic E-state index is 0.0500.